The molecule has 4 nitrogen and oxygen atoms in total. The van der Waals surface area contributed by atoms with Gasteiger partial charge in [0.1, 0.15) is 0 Å². The fourth-order valence-corrected chi connectivity index (χ4v) is 10.5. The van der Waals surface area contributed by atoms with E-state index in [-0.39, 0.29) is 0 Å². The Morgan fingerprint density at radius 3 is 1.16 bits per heavy atom. The SMILES string of the molecule is COc1c2cccc1Cc1cccc(c1OC)Cc1[c]([Hg][Cl])ccc(c1OC)Cc1cccc(c1OC)C2. The molecule has 0 amide bonds. The van der Waals surface area contributed by atoms with E-state index < -0.39 is 23.3 Å². The second-order valence-electron chi connectivity index (χ2n) is 9.56. The summed E-state index contributed by atoms with van der Waals surface area (Å²) in [5.41, 5.74) is 9.06. The van der Waals surface area contributed by atoms with Crippen molar-refractivity contribution in [2.45, 2.75) is 25.7 Å². The van der Waals surface area contributed by atoms with Gasteiger partial charge < -0.3 is 0 Å². The maximum atomic E-state index is 6.66. The van der Waals surface area contributed by atoms with Crippen LogP contribution in [0.4, 0.5) is 0 Å². The third-order valence-electron chi connectivity index (χ3n) is 7.44. The molecule has 0 N–H and O–H groups in total. The van der Waals surface area contributed by atoms with Crippen molar-refractivity contribution in [2.75, 3.05) is 28.4 Å². The summed E-state index contributed by atoms with van der Waals surface area (Å²) in [4.78, 5) is 0. The van der Waals surface area contributed by atoms with Crippen LogP contribution in [0.1, 0.15) is 44.5 Å². The molecule has 38 heavy (non-hydrogen) atoms. The van der Waals surface area contributed by atoms with Crippen LogP contribution in [0.3, 0.4) is 0 Å². The van der Waals surface area contributed by atoms with Gasteiger partial charge in [-0.2, -0.15) is 0 Å². The van der Waals surface area contributed by atoms with E-state index in [1.165, 1.54) is 8.64 Å². The molecule has 6 heteroatoms. The number of hydrogen-bond acceptors (Lipinski definition) is 4. The summed E-state index contributed by atoms with van der Waals surface area (Å²) in [6.07, 6.45) is 2.80. The molecule has 0 unspecified atom stereocenters. The van der Waals surface area contributed by atoms with E-state index in [2.05, 4.69) is 66.7 Å². The van der Waals surface area contributed by atoms with Crippen molar-refractivity contribution >= 4 is 11.3 Å². The van der Waals surface area contributed by atoms with Gasteiger partial charge in [-0.05, 0) is 0 Å². The monoisotopic (exact) mass is 716 g/mol. The van der Waals surface area contributed by atoms with Gasteiger partial charge in [-0.1, -0.05) is 0 Å². The average molecular weight is 716 g/mol. The molecule has 0 fully saturated rings. The Bertz CT molecular complexity index is 1470. The minimum atomic E-state index is -1.77. The molecule has 4 aromatic carbocycles. The third-order valence-corrected chi connectivity index (χ3v) is 13.7. The van der Waals surface area contributed by atoms with E-state index in [0.29, 0.717) is 25.7 Å². The topological polar surface area (TPSA) is 36.9 Å². The summed E-state index contributed by atoms with van der Waals surface area (Å²) in [7, 11) is 13.7. The van der Waals surface area contributed by atoms with Crippen LogP contribution in [-0.2, 0) is 49.0 Å². The van der Waals surface area contributed by atoms with Crippen LogP contribution in [0, 0.1) is 0 Å². The fourth-order valence-electron chi connectivity index (χ4n) is 5.77. The van der Waals surface area contributed by atoms with Crippen LogP contribution in [0.5, 0.6) is 23.0 Å². The normalized spacial score (nSPS) is 12.3. The predicted octanol–water partition coefficient (Wildman–Crippen LogP) is 6.26. The number of benzene rings is 4. The summed E-state index contributed by atoms with van der Waals surface area (Å²) < 4.78 is 25.4. The molecule has 0 saturated heterocycles. The van der Waals surface area contributed by atoms with E-state index in [9.17, 15) is 0 Å². The Kier molecular flexibility index (Phi) is 8.49. The Morgan fingerprint density at radius 1 is 0.474 bits per heavy atom. The zero-order chi connectivity index (χ0) is 26.6. The van der Waals surface area contributed by atoms with Crippen LogP contribution in [0.2, 0.25) is 0 Å². The van der Waals surface area contributed by atoms with E-state index in [0.717, 1.165) is 61.9 Å². The summed E-state index contributed by atoms with van der Waals surface area (Å²) >= 11 is -1.77. The van der Waals surface area contributed by atoms with Crippen LogP contribution in [0.15, 0.2) is 66.7 Å². The van der Waals surface area contributed by atoms with Crippen LogP contribution < -0.4 is 22.0 Å². The van der Waals surface area contributed by atoms with E-state index in [4.69, 9.17) is 27.2 Å². The summed E-state index contributed by atoms with van der Waals surface area (Å²) in [5, 5.41) is 0. The van der Waals surface area contributed by atoms with Crippen molar-refractivity contribution in [1.82, 2.24) is 0 Å². The molecule has 5 rings (SSSR count). The van der Waals surface area contributed by atoms with Gasteiger partial charge in [0.15, 0.2) is 0 Å². The molecule has 1 aliphatic rings. The standard InChI is InChI=1S/C32H31O4.ClH.Hg/c1-33-29-21-9-5-10-22(29)18-24-12-7-14-26(31(24)35-3)20-28-16-8-15-27(32(28)36-4)19-25-13-6-11-23(17-21)30(25)34-2;;/h5-15H,17-20H2,1-4H3;1H;/q;;+1/p-1. The second-order valence-corrected chi connectivity index (χ2v) is 15.9. The van der Waals surface area contributed by atoms with Crippen molar-refractivity contribution in [3.63, 3.8) is 0 Å². The molecule has 0 radical (unpaired) electrons. The zero-order valence-electron chi connectivity index (χ0n) is 22.4. The molecular weight excluding hydrogens is 684 g/mol. The molecular formula is C32H31ClHgO4. The van der Waals surface area contributed by atoms with Gasteiger partial charge in [0.2, 0.25) is 0 Å². The Hall–Kier alpha value is -2.69. The maximum absolute atomic E-state index is 6.66. The Balaban J connectivity index is 1.79. The van der Waals surface area contributed by atoms with Gasteiger partial charge in [0.05, 0.1) is 0 Å². The summed E-state index contributed by atoms with van der Waals surface area (Å²) in [6, 6.07) is 23.6. The van der Waals surface area contributed by atoms with Gasteiger partial charge >= 0.3 is 242 Å². The number of halogens is 1. The van der Waals surface area contributed by atoms with Gasteiger partial charge in [-0.25, -0.2) is 0 Å². The van der Waals surface area contributed by atoms with Gasteiger partial charge in [-0.3, -0.25) is 0 Å². The van der Waals surface area contributed by atoms with Gasteiger partial charge in [-0.15, -0.1) is 0 Å². The Morgan fingerprint density at radius 2 is 0.816 bits per heavy atom. The van der Waals surface area contributed by atoms with Gasteiger partial charge in [0, 0.05) is 0 Å². The number of rotatable bonds is 5. The van der Waals surface area contributed by atoms with E-state index in [1.54, 1.807) is 28.4 Å². The number of para-hydroxylation sites is 3. The first-order valence-corrected chi connectivity index (χ1v) is 22.3. The molecule has 4 aromatic rings. The first-order valence-electron chi connectivity index (χ1n) is 12.8. The van der Waals surface area contributed by atoms with E-state index >= 15 is 0 Å². The van der Waals surface area contributed by atoms with Crippen molar-refractivity contribution in [2.24, 2.45) is 0 Å². The number of hydrogen-bond donors (Lipinski definition) is 0. The molecule has 0 atom stereocenters. The molecule has 0 aliphatic heterocycles. The molecule has 0 saturated carbocycles. The molecule has 8 bridgehead atoms. The second kappa shape index (κ2) is 12.0. The number of ether oxygens (including phenoxy) is 4. The Labute approximate surface area is 240 Å². The van der Waals surface area contributed by atoms with Gasteiger partial charge in [0.25, 0.3) is 0 Å². The average Bonchev–Trinajstić information content (AvgIpc) is 2.93. The predicted molar refractivity (Wildman–Crippen MR) is 149 cm³/mol. The quantitative estimate of drug-likeness (QED) is 0.202. The van der Waals surface area contributed by atoms with E-state index in [1.807, 2.05) is 0 Å². The zero-order valence-corrected chi connectivity index (χ0v) is 28.7. The molecule has 0 spiro atoms. The summed E-state index contributed by atoms with van der Waals surface area (Å²) in [6.45, 7) is 0. The minimum absolute atomic E-state index is 0.695. The molecule has 192 valence electrons. The van der Waals surface area contributed by atoms with Crippen molar-refractivity contribution in [1.29, 1.82) is 0 Å². The summed E-state index contributed by atoms with van der Waals surface area (Å²) in [5.74, 6) is 3.64. The van der Waals surface area contributed by atoms with Crippen LogP contribution >= 0.6 is 8.25 Å². The van der Waals surface area contributed by atoms with Crippen molar-refractivity contribution in [3.8, 4) is 23.0 Å². The molecule has 0 aromatic heterocycles. The fraction of sp³-hybridized carbons (Fsp3) is 0.250. The van der Waals surface area contributed by atoms with Crippen LogP contribution in [0.25, 0.3) is 0 Å². The van der Waals surface area contributed by atoms with Crippen LogP contribution in [-0.4, -0.2) is 28.4 Å². The first-order chi connectivity index (χ1) is 18.6. The number of methoxy groups -OCH3 is 4. The van der Waals surface area contributed by atoms with Crippen molar-refractivity contribution in [3.05, 3.63) is 111 Å². The third kappa shape index (κ3) is 5.13. The molecule has 0 heterocycles. The molecule has 1 aliphatic carbocycles. The number of fused-ring (bicyclic) bond motifs is 8. The first kappa shape index (κ1) is 26.9. The van der Waals surface area contributed by atoms with Crippen molar-refractivity contribution < 1.29 is 42.3 Å².